The average molecular weight is 398 g/mol. The quantitative estimate of drug-likeness (QED) is 0.647. The summed E-state index contributed by atoms with van der Waals surface area (Å²) in [4.78, 5) is 28.6. The molecule has 0 saturated carbocycles. The van der Waals surface area contributed by atoms with Crippen LogP contribution >= 0.6 is 0 Å². The van der Waals surface area contributed by atoms with Gasteiger partial charge in [-0.3, -0.25) is 19.6 Å². The molecule has 3 heterocycles. The predicted octanol–water partition coefficient (Wildman–Crippen LogP) is 0.234. The lowest BCUT2D eigenvalue weighted by Crippen LogP contribution is -2.52. The highest BCUT2D eigenvalue weighted by Gasteiger charge is 2.27. The first kappa shape index (κ1) is 19.8. The van der Waals surface area contributed by atoms with Crippen LogP contribution in [0.5, 0.6) is 0 Å². The lowest BCUT2D eigenvalue weighted by atomic mass is 9.99. The number of fused-ring (bicyclic) bond motifs is 1. The van der Waals surface area contributed by atoms with Gasteiger partial charge in [0.2, 0.25) is 11.8 Å². The Morgan fingerprint density at radius 1 is 1.17 bits per heavy atom. The van der Waals surface area contributed by atoms with E-state index in [1.807, 2.05) is 17.0 Å². The van der Waals surface area contributed by atoms with Crippen molar-refractivity contribution < 1.29 is 9.59 Å². The van der Waals surface area contributed by atoms with Crippen molar-refractivity contribution in [2.75, 3.05) is 39.3 Å². The molecule has 1 aromatic heterocycles. The van der Waals surface area contributed by atoms with Crippen molar-refractivity contribution in [3.05, 3.63) is 35.9 Å². The lowest BCUT2D eigenvalue weighted by molar-refractivity contribution is -0.129. The highest BCUT2D eigenvalue weighted by molar-refractivity contribution is 5.88. The monoisotopic (exact) mass is 397 g/mol. The van der Waals surface area contributed by atoms with Gasteiger partial charge in [0.05, 0.1) is 24.6 Å². The van der Waals surface area contributed by atoms with Crippen molar-refractivity contribution >= 4 is 22.7 Å². The molecule has 155 valence electrons. The summed E-state index contributed by atoms with van der Waals surface area (Å²) in [5.41, 5.74) is 8.00. The Morgan fingerprint density at radius 2 is 1.93 bits per heavy atom. The van der Waals surface area contributed by atoms with E-state index >= 15 is 0 Å². The van der Waals surface area contributed by atoms with Crippen molar-refractivity contribution in [2.45, 2.75) is 31.7 Å². The molecule has 0 unspecified atom stereocenters. The lowest BCUT2D eigenvalue weighted by Gasteiger charge is -2.40. The second-order valence-corrected chi connectivity index (χ2v) is 7.98. The molecule has 8 nitrogen and oxygen atoms in total. The largest absolute Gasteiger partial charge is 0.369 e. The van der Waals surface area contributed by atoms with E-state index in [2.05, 4.69) is 20.4 Å². The summed E-state index contributed by atoms with van der Waals surface area (Å²) in [6.45, 7) is 5.97. The number of nitrogens with zero attached hydrogens (tertiary/aromatic N) is 3. The summed E-state index contributed by atoms with van der Waals surface area (Å²) in [7, 11) is 0. The number of amides is 2. The SMILES string of the molecule is NC(=O)Cc1cc(C[CH]C(=O)N2CCC(N3CCNCC3)CC2)cc2cn[nH]c12. The van der Waals surface area contributed by atoms with E-state index in [1.54, 1.807) is 12.6 Å². The standard InChI is InChI=1S/C21H29N6O2/c22-19(28)13-16-11-15(12-17-14-24-25-21(16)17)1-2-20(29)27-7-3-18(4-8-27)26-9-5-23-6-10-26/h2,11-12,14,18,23H,1,3-10,13H2,(H2,22,28)(H,24,25). The number of aromatic amines is 1. The van der Waals surface area contributed by atoms with Crippen LogP contribution in [0.3, 0.4) is 0 Å². The second kappa shape index (κ2) is 8.92. The van der Waals surface area contributed by atoms with Crippen molar-refractivity contribution in [1.29, 1.82) is 0 Å². The van der Waals surface area contributed by atoms with Gasteiger partial charge in [0, 0.05) is 50.7 Å². The molecule has 2 aliphatic rings. The first-order chi connectivity index (χ1) is 14.1. The molecule has 2 saturated heterocycles. The molecule has 0 bridgehead atoms. The van der Waals surface area contributed by atoms with Crippen LogP contribution in [0.2, 0.25) is 0 Å². The van der Waals surface area contributed by atoms with Crippen LogP contribution < -0.4 is 11.1 Å². The third-order valence-corrected chi connectivity index (χ3v) is 6.01. The summed E-state index contributed by atoms with van der Waals surface area (Å²) in [6, 6.07) is 4.54. The number of piperidine rings is 1. The van der Waals surface area contributed by atoms with E-state index < -0.39 is 0 Å². The van der Waals surface area contributed by atoms with Crippen LogP contribution in [0.25, 0.3) is 10.9 Å². The van der Waals surface area contributed by atoms with Gasteiger partial charge < -0.3 is 16.0 Å². The molecule has 4 rings (SSSR count). The number of likely N-dealkylation sites (tertiary alicyclic amines) is 1. The van der Waals surface area contributed by atoms with Crippen LogP contribution in [0, 0.1) is 6.42 Å². The normalized spacial score (nSPS) is 19.0. The highest BCUT2D eigenvalue weighted by atomic mass is 16.2. The molecule has 2 aliphatic heterocycles. The number of primary amides is 1. The zero-order chi connectivity index (χ0) is 20.2. The highest BCUT2D eigenvalue weighted by Crippen LogP contribution is 2.22. The van der Waals surface area contributed by atoms with Gasteiger partial charge in [-0.1, -0.05) is 6.07 Å². The van der Waals surface area contributed by atoms with E-state index in [1.165, 1.54) is 0 Å². The molecule has 0 spiro atoms. The maximum Gasteiger partial charge on any atom is 0.226 e. The van der Waals surface area contributed by atoms with Crippen molar-refractivity contribution in [2.24, 2.45) is 5.73 Å². The summed E-state index contributed by atoms with van der Waals surface area (Å²) >= 11 is 0. The predicted molar refractivity (Wildman–Crippen MR) is 111 cm³/mol. The van der Waals surface area contributed by atoms with Gasteiger partial charge in [-0.05, 0) is 36.5 Å². The maximum atomic E-state index is 12.7. The molecule has 2 amide bonds. The molecular formula is C21H29N6O2. The number of nitrogens with one attached hydrogen (secondary N) is 2. The number of carbonyl (C=O) groups is 2. The Kier molecular flexibility index (Phi) is 6.10. The first-order valence-electron chi connectivity index (χ1n) is 10.4. The minimum absolute atomic E-state index is 0.0903. The number of aromatic nitrogens is 2. The van der Waals surface area contributed by atoms with Gasteiger partial charge in [-0.15, -0.1) is 0 Å². The van der Waals surface area contributed by atoms with Crippen LogP contribution in [0.4, 0.5) is 0 Å². The van der Waals surface area contributed by atoms with Gasteiger partial charge in [0.15, 0.2) is 0 Å². The molecule has 0 aliphatic carbocycles. The number of carbonyl (C=O) groups excluding carboxylic acids is 2. The van der Waals surface area contributed by atoms with Gasteiger partial charge in [-0.25, -0.2) is 0 Å². The fourth-order valence-electron chi connectivity index (χ4n) is 4.48. The minimum atomic E-state index is -0.384. The summed E-state index contributed by atoms with van der Waals surface area (Å²) in [6.07, 6.45) is 6.25. The molecule has 1 aromatic carbocycles. The van der Waals surface area contributed by atoms with Crippen LogP contribution in [0.15, 0.2) is 18.3 Å². The van der Waals surface area contributed by atoms with E-state index in [9.17, 15) is 9.59 Å². The van der Waals surface area contributed by atoms with Gasteiger partial charge >= 0.3 is 0 Å². The number of nitrogens with two attached hydrogens (primary N) is 1. The minimum Gasteiger partial charge on any atom is -0.369 e. The Morgan fingerprint density at radius 3 is 2.66 bits per heavy atom. The molecule has 0 atom stereocenters. The number of H-pyrrole nitrogens is 1. The van der Waals surface area contributed by atoms with Crippen LogP contribution in [-0.2, 0) is 22.4 Å². The van der Waals surface area contributed by atoms with E-state index in [4.69, 9.17) is 5.73 Å². The van der Waals surface area contributed by atoms with Crippen LogP contribution in [-0.4, -0.2) is 77.1 Å². The van der Waals surface area contributed by atoms with Crippen LogP contribution in [0.1, 0.15) is 24.0 Å². The fraction of sp³-hybridized carbons (Fsp3) is 0.524. The van der Waals surface area contributed by atoms with Gasteiger partial charge in [0.1, 0.15) is 0 Å². The van der Waals surface area contributed by atoms with E-state index in [0.29, 0.717) is 12.5 Å². The van der Waals surface area contributed by atoms with Gasteiger partial charge in [-0.2, -0.15) is 5.10 Å². The Hall–Kier alpha value is -2.45. The van der Waals surface area contributed by atoms with Crippen molar-refractivity contribution in [3.63, 3.8) is 0 Å². The first-order valence-corrected chi connectivity index (χ1v) is 10.4. The third kappa shape index (κ3) is 4.76. The number of hydrogen-bond acceptors (Lipinski definition) is 5. The number of benzene rings is 1. The van der Waals surface area contributed by atoms with Crippen molar-refractivity contribution in [3.8, 4) is 0 Å². The van der Waals surface area contributed by atoms with Gasteiger partial charge in [0.25, 0.3) is 0 Å². The Bertz CT molecular complexity index is 865. The Labute approximate surface area is 170 Å². The second-order valence-electron chi connectivity index (χ2n) is 7.98. The molecule has 4 N–H and O–H groups in total. The summed E-state index contributed by atoms with van der Waals surface area (Å²) < 4.78 is 0. The number of rotatable bonds is 6. The molecule has 1 radical (unpaired) electrons. The molecule has 2 aromatic rings. The molecular weight excluding hydrogens is 368 g/mol. The smallest absolute Gasteiger partial charge is 0.226 e. The van der Waals surface area contributed by atoms with Crippen molar-refractivity contribution in [1.82, 2.24) is 25.3 Å². The number of hydrogen-bond donors (Lipinski definition) is 3. The van der Waals surface area contributed by atoms with E-state index in [0.717, 1.165) is 74.1 Å². The topological polar surface area (TPSA) is 107 Å². The van der Waals surface area contributed by atoms with E-state index in [-0.39, 0.29) is 18.2 Å². The fourth-order valence-corrected chi connectivity index (χ4v) is 4.48. The number of piperazine rings is 1. The molecule has 8 heteroatoms. The molecule has 29 heavy (non-hydrogen) atoms. The zero-order valence-corrected chi connectivity index (χ0v) is 16.7. The summed E-state index contributed by atoms with van der Waals surface area (Å²) in [5.74, 6) is -0.294. The zero-order valence-electron chi connectivity index (χ0n) is 16.7. The summed E-state index contributed by atoms with van der Waals surface area (Å²) in [5, 5.41) is 11.3. The maximum absolute atomic E-state index is 12.7. The Balaban J connectivity index is 1.32. The third-order valence-electron chi connectivity index (χ3n) is 6.01. The molecule has 2 fully saturated rings. The average Bonchev–Trinajstić information content (AvgIpc) is 3.21.